The average molecular weight is 297 g/mol. The first kappa shape index (κ1) is 15.6. The highest BCUT2D eigenvalue weighted by Crippen LogP contribution is 2.37. The summed E-state index contributed by atoms with van der Waals surface area (Å²) < 4.78 is 41.3. The number of hydrogen-bond acceptors (Lipinski definition) is 1. The maximum absolute atomic E-state index is 14.1. The van der Waals surface area contributed by atoms with Gasteiger partial charge in [0, 0.05) is 25.1 Å². The van der Waals surface area contributed by atoms with E-state index in [1.807, 2.05) is 13.8 Å². The minimum absolute atomic E-state index is 0.0472. The van der Waals surface area contributed by atoms with E-state index in [4.69, 9.17) is 0 Å². The SMILES string of the molecule is CCN1C(=O)CCC(C(C)C)=C1c1c(F)cc(F)cc1F. The molecule has 1 aliphatic rings. The maximum atomic E-state index is 14.1. The Labute approximate surface area is 122 Å². The Kier molecular flexibility index (Phi) is 4.40. The second-order valence-corrected chi connectivity index (χ2v) is 5.41. The number of halogens is 3. The molecule has 0 saturated heterocycles. The van der Waals surface area contributed by atoms with E-state index in [2.05, 4.69) is 0 Å². The van der Waals surface area contributed by atoms with Crippen LogP contribution in [0, 0.1) is 23.4 Å². The van der Waals surface area contributed by atoms with E-state index in [1.54, 1.807) is 6.92 Å². The summed E-state index contributed by atoms with van der Waals surface area (Å²) in [5, 5.41) is 0. The van der Waals surface area contributed by atoms with Crippen molar-refractivity contribution in [3.05, 3.63) is 40.7 Å². The summed E-state index contributed by atoms with van der Waals surface area (Å²) in [5.41, 5.74) is 0.773. The molecule has 1 heterocycles. The third kappa shape index (κ3) is 2.82. The predicted molar refractivity (Wildman–Crippen MR) is 74.7 cm³/mol. The van der Waals surface area contributed by atoms with Crippen molar-refractivity contribution in [1.82, 2.24) is 4.90 Å². The lowest BCUT2D eigenvalue weighted by Gasteiger charge is -2.33. The quantitative estimate of drug-likeness (QED) is 0.822. The molecule has 0 atom stereocenters. The van der Waals surface area contributed by atoms with E-state index in [-0.39, 0.29) is 23.1 Å². The van der Waals surface area contributed by atoms with Crippen LogP contribution >= 0.6 is 0 Å². The van der Waals surface area contributed by atoms with Crippen molar-refractivity contribution < 1.29 is 18.0 Å². The first-order chi connectivity index (χ1) is 9.86. The zero-order chi connectivity index (χ0) is 15.7. The minimum atomic E-state index is -0.978. The van der Waals surface area contributed by atoms with E-state index in [1.165, 1.54) is 4.90 Å². The maximum Gasteiger partial charge on any atom is 0.227 e. The van der Waals surface area contributed by atoms with Gasteiger partial charge in [0.2, 0.25) is 5.91 Å². The number of carbonyl (C=O) groups is 1. The standard InChI is InChI=1S/C16H18F3NO/c1-4-20-14(21)6-5-11(9(2)3)16(20)15-12(18)7-10(17)8-13(15)19/h7-9H,4-6H2,1-3H3. The molecule has 0 unspecified atom stereocenters. The second kappa shape index (κ2) is 5.92. The van der Waals surface area contributed by atoms with Crippen LogP contribution in [0.2, 0.25) is 0 Å². The van der Waals surface area contributed by atoms with Crippen LogP contribution in [-0.2, 0) is 4.79 Å². The van der Waals surface area contributed by atoms with Crippen molar-refractivity contribution in [3.63, 3.8) is 0 Å². The monoisotopic (exact) mass is 297 g/mol. The van der Waals surface area contributed by atoms with E-state index < -0.39 is 17.5 Å². The molecule has 1 aliphatic heterocycles. The Balaban J connectivity index is 2.73. The predicted octanol–water partition coefficient (Wildman–Crippen LogP) is 4.11. The zero-order valence-corrected chi connectivity index (χ0v) is 12.3. The molecule has 114 valence electrons. The largest absolute Gasteiger partial charge is 0.312 e. The van der Waals surface area contributed by atoms with Crippen molar-refractivity contribution >= 4 is 11.6 Å². The third-order valence-corrected chi connectivity index (χ3v) is 3.74. The Bertz CT molecular complexity index is 585. The molecule has 0 aromatic heterocycles. The van der Waals surface area contributed by atoms with Crippen molar-refractivity contribution in [2.45, 2.75) is 33.6 Å². The van der Waals surface area contributed by atoms with Gasteiger partial charge in [0.05, 0.1) is 11.3 Å². The summed E-state index contributed by atoms with van der Waals surface area (Å²) in [5.74, 6) is -3.04. The second-order valence-electron chi connectivity index (χ2n) is 5.41. The summed E-state index contributed by atoms with van der Waals surface area (Å²) in [6.07, 6.45) is 0.799. The molecule has 2 rings (SSSR count). The van der Waals surface area contributed by atoms with Gasteiger partial charge >= 0.3 is 0 Å². The number of amides is 1. The van der Waals surface area contributed by atoms with Crippen molar-refractivity contribution in [3.8, 4) is 0 Å². The van der Waals surface area contributed by atoms with Crippen LogP contribution in [-0.4, -0.2) is 17.4 Å². The first-order valence-corrected chi connectivity index (χ1v) is 7.05. The Morgan fingerprint density at radius 2 is 1.71 bits per heavy atom. The van der Waals surface area contributed by atoms with E-state index >= 15 is 0 Å². The fourth-order valence-electron chi connectivity index (χ4n) is 2.75. The van der Waals surface area contributed by atoms with Gasteiger partial charge in [0.1, 0.15) is 17.5 Å². The van der Waals surface area contributed by atoms with E-state index in [0.717, 1.165) is 5.57 Å². The van der Waals surface area contributed by atoms with Gasteiger partial charge in [0.25, 0.3) is 0 Å². The topological polar surface area (TPSA) is 20.3 Å². The number of carbonyl (C=O) groups excluding carboxylic acids is 1. The van der Waals surface area contributed by atoms with Crippen LogP contribution < -0.4 is 0 Å². The molecule has 0 N–H and O–H groups in total. The number of benzene rings is 1. The molecule has 0 spiro atoms. The summed E-state index contributed by atoms with van der Waals surface area (Å²) in [7, 11) is 0. The zero-order valence-electron chi connectivity index (χ0n) is 12.3. The van der Waals surface area contributed by atoms with Gasteiger partial charge in [-0.25, -0.2) is 13.2 Å². The van der Waals surface area contributed by atoms with Crippen LogP contribution in [0.3, 0.4) is 0 Å². The van der Waals surface area contributed by atoms with Crippen molar-refractivity contribution in [2.75, 3.05) is 6.54 Å². The molecule has 21 heavy (non-hydrogen) atoms. The third-order valence-electron chi connectivity index (χ3n) is 3.74. The van der Waals surface area contributed by atoms with E-state index in [9.17, 15) is 18.0 Å². The first-order valence-electron chi connectivity index (χ1n) is 7.05. The highest BCUT2D eigenvalue weighted by molar-refractivity contribution is 5.90. The van der Waals surface area contributed by atoms with Crippen LogP contribution in [0.1, 0.15) is 39.2 Å². The molecule has 1 aromatic carbocycles. The minimum Gasteiger partial charge on any atom is -0.312 e. The Hall–Kier alpha value is -1.78. The molecule has 5 heteroatoms. The van der Waals surface area contributed by atoms with Crippen molar-refractivity contribution in [2.24, 2.45) is 5.92 Å². The molecule has 2 nitrogen and oxygen atoms in total. The van der Waals surface area contributed by atoms with Crippen LogP contribution in [0.4, 0.5) is 13.2 Å². The lowest BCUT2D eigenvalue weighted by Crippen LogP contribution is -2.35. The van der Waals surface area contributed by atoms with Crippen LogP contribution in [0.5, 0.6) is 0 Å². The molecule has 0 fully saturated rings. The number of nitrogens with zero attached hydrogens (tertiary/aromatic N) is 1. The summed E-state index contributed by atoms with van der Waals surface area (Å²) in [6.45, 7) is 5.90. The fraction of sp³-hybridized carbons (Fsp3) is 0.438. The molecular weight excluding hydrogens is 279 g/mol. The average Bonchev–Trinajstić information content (AvgIpc) is 2.37. The van der Waals surface area contributed by atoms with Crippen LogP contribution in [0.15, 0.2) is 17.7 Å². The van der Waals surface area contributed by atoms with Gasteiger partial charge < -0.3 is 4.90 Å². The summed E-state index contributed by atoms with van der Waals surface area (Å²) in [4.78, 5) is 13.4. The molecule has 0 saturated carbocycles. The number of allylic oxidation sites excluding steroid dienone is 1. The Morgan fingerprint density at radius 3 is 2.19 bits per heavy atom. The highest BCUT2D eigenvalue weighted by Gasteiger charge is 2.31. The Morgan fingerprint density at radius 1 is 1.14 bits per heavy atom. The summed E-state index contributed by atoms with van der Waals surface area (Å²) in [6, 6.07) is 1.30. The van der Waals surface area contributed by atoms with Crippen molar-refractivity contribution in [1.29, 1.82) is 0 Å². The smallest absolute Gasteiger partial charge is 0.227 e. The lowest BCUT2D eigenvalue weighted by molar-refractivity contribution is -0.128. The molecule has 1 aromatic rings. The highest BCUT2D eigenvalue weighted by atomic mass is 19.1. The van der Waals surface area contributed by atoms with Crippen LogP contribution in [0.25, 0.3) is 5.70 Å². The van der Waals surface area contributed by atoms with Gasteiger partial charge in [-0.15, -0.1) is 0 Å². The molecular formula is C16H18F3NO. The van der Waals surface area contributed by atoms with Gasteiger partial charge in [-0.05, 0) is 24.8 Å². The van der Waals surface area contributed by atoms with Gasteiger partial charge in [-0.3, -0.25) is 4.79 Å². The van der Waals surface area contributed by atoms with Gasteiger partial charge in [-0.2, -0.15) is 0 Å². The molecule has 0 bridgehead atoms. The summed E-state index contributed by atoms with van der Waals surface area (Å²) >= 11 is 0. The number of hydrogen-bond donors (Lipinski definition) is 0. The molecule has 0 radical (unpaired) electrons. The number of rotatable bonds is 3. The fourth-order valence-corrected chi connectivity index (χ4v) is 2.75. The van der Waals surface area contributed by atoms with E-state index in [0.29, 0.717) is 31.5 Å². The van der Waals surface area contributed by atoms with Gasteiger partial charge in [-0.1, -0.05) is 13.8 Å². The normalized spacial score (nSPS) is 16.1. The lowest BCUT2D eigenvalue weighted by atomic mass is 9.89. The molecule has 0 aliphatic carbocycles. The van der Waals surface area contributed by atoms with Gasteiger partial charge in [0.15, 0.2) is 0 Å². The molecule has 1 amide bonds.